The Balaban J connectivity index is 1.84. The van der Waals surface area contributed by atoms with E-state index >= 15 is 0 Å². The van der Waals surface area contributed by atoms with Crippen molar-refractivity contribution >= 4 is 17.0 Å². The average Bonchev–Trinajstić information content (AvgIpc) is 3.20. The molecule has 1 aromatic heterocycles. The monoisotopic (exact) mass is 286 g/mol. The number of para-hydroxylation sites is 1. The summed E-state index contributed by atoms with van der Waals surface area (Å²) >= 11 is 0. The summed E-state index contributed by atoms with van der Waals surface area (Å²) in [6, 6.07) is 8.15. The molecule has 6 nitrogen and oxygen atoms in total. The number of aromatic nitrogens is 3. The molecule has 0 atom stereocenters. The third-order valence-corrected chi connectivity index (χ3v) is 4.22. The van der Waals surface area contributed by atoms with Gasteiger partial charge in [-0.1, -0.05) is 16.8 Å². The minimum atomic E-state index is 0.782. The number of nitrogens with zero attached hydrogens (tertiary/aromatic N) is 5. The van der Waals surface area contributed by atoms with Crippen molar-refractivity contribution in [3.63, 3.8) is 0 Å². The molecule has 0 amide bonds. The van der Waals surface area contributed by atoms with Gasteiger partial charge in [0.1, 0.15) is 5.52 Å². The van der Waals surface area contributed by atoms with Crippen LogP contribution in [-0.4, -0.2) is 69.8 Å². The number of ether oxygens (including phenoxy) is 1. The number of benzene rings is 1. The van der Waals surface area contributed by atoms with Crippen LogP contribution in [0.25, 0.3) is 11.0 Å². The van der Waals surface area contributed by atoms with E-state index < -0.39 is 0 Å². The van der Waals surface area contributed by atoms with Crippen molar-refractivity contribution < 1.29 is 9.31 Å². The summed E-state index contributed by atoms with van der Waals surface area (Å²) in [5.74, 6) is 1.17. The smallest absolute Gasteiger partial charge is 0.375 e. The summed E-state index contributed by atoms with van der Waals surface area (Å²) in [7, 11) is 0. The van der Waals surface area contributed by atoms with E-state index in [0.29, 0.717) is 0 Å². The molecular formula is C15H20N5O+. The number of morpholine rings is 1. The van der Waals surface area contributed by atoms with Crippen molar-refractivity contribution in [3.05, 3.63) is 24.3 Å². The molecule has 2 fully saturated rings. The van der Waals surface area contributed by atoms with Gasteiger partial charge >= 0.3 is 5.96 Å². The van der Waals surface area contributed by atoms with Gasteiger partial charge in [-0.25, -0.2) is 0 Å². The third kappa shape index (κ3) is 2.29. The topological polar surface area (TPSA) is 46.2 Å². The molecule has 4 rings (SSSR count). The Morgan fingerprint density at radius 2 is 1.86 bits per heavy atom. The van der Waals surface area contributed by atoms with E-state index in [1.54, 1.807) is 0 Å². The zero-order chi connectivity index (χ0) is 14.1. The molecule has 0 aliphatic carbocycles. The maximum atomic E-state index is 5.50. The zero-order valence-electron chi connectivity index (χ0n) is 12.1. The molecule has 0 saturated carbocycles. The van der Waals surface area contributed by atoms with Gasteiger partial charge in [0.25, 0.3) is 0 Å². The van der Waals surface area contributed by atoms with Gasteiger partial charge in [0.05, 0.1) is 39.4 Å². The average molecular weight is 286 g/mol. The van der Waals surface area contributed by atoms with E-state index in [2.05, 4.69) is 25.9 Å². The second-order valence-electron chi connectivity index (χ2n) is 5.58. The summed E-state index contributed by atoms with van der Waals surface area (Å²) in [5, 5.41) is 8.73. The molecule has 2 aliphatic heterocycles. The first kappa shape index (κ1) is 12.8. The number of rotatable bonds is 0. The fraction of sp³-hybridized carbons (Fsp3) is 0.533. The Morgan fingerprint density at radius 3 is 2.67 bits per heavy atom. The van der Waals surface area contributed by atoms with E-state index in [1.165, 1.54) is 18.8 Å². The molecule has 2 saturated heterocycles. The van der Waals surface area contributed by atoms with Crippen LogP contribution in [0.1, 0.15) is 12.8 Å². The van der Waals surface area contributed by atoms with Gasteiger partial charge in [0.2, 0.25) is 0 Å². The molecule has 1 aromatic carbocycles. The first-order valence-corrected chi connectivity index (χ1v) is 7.69. The van der Waals surface area contributed by atoms with Crippen LogP contribution in [-0.2, 0) is 4.74 Å². The Bertz CT molecular complexity index is 664. The molecule has 6 heteroatoms. The quantitative estimate of drug-likeness (QED) is 0.530. The number of hydrogen-bond acceptors (Lipinski definition) is 3. The van der Waals surface area contributed by atoms with Crippen LogP contribution in [0.15, 0.2) is 24.3 Å². The maximum Gasteiger partial charge on any atom is 0.381 e. The van der Waals surface area contributed by atoms with Gasteiger partial charge in [-0.05, 0) is 25.0 Å². The van der Waals surface area contributed by atoms with E-state index in [9.17, 15) is 0 Å². The van der Waals surface area contributed by atoms with Gasteiger partial charge < -0.3 is 4.74 Å². The summed E-state index contributed by atoms with van der Waals surface area (Å²) in [6.45, 7) is 5.59. The second kappa shape index (κ2) is 5.44. The van der Waals surface area contributed by atoms with Gasteiger partial charge in [-0.2, -0.15) is 0 Å². The van der Waals surface area contributed by atoms with Crippen LogP contribution in [0.4, 0.5) is 0 Å². The SMILES string of the molecule is c1ccc2c(c1)nnn2C(N1CCOCC1)=[N+]1CCCC1. The molecule has 0 N–H and O–H groups in total. The van der Waals surface area contributed by atoms with Crippen molar-refractivity contribution in [3.8, 4) is 0 Å². The molecule has 0 radical (unpaired) electrons. The van der Waals surface area contributed by atoms with Crippen LogP contribution < -0.4 is 0 Å². The second-order valence-corrected chi connectivity index (χ2v) is 5.58. The lowest BCUT2D eigenvalue weighted by Crippen LogP contribution is -2.48. The van der Waals surface area contributed by atoms with Crippen molar-refractivity contribution in [1.29, 1.82) is 0 Å². The van der Waals surface area contributed by atoms with E-state index in [1.807, 2.05) is 22.9 Å². The minimum Gasteiger partial charge on any atom is -0.375 e. The Kier molecular flexibility index (Phi) is 3.31. The number of fused-ring (bicyclic) bond motifs is 1. The first-order chi connectivity index (χ1) is 10.4. The van der Waals surface area contributed by atoms with Crippen LogP contribution in [0.2, 0.25) is 0 Å². The molecule has 2 aromatic rings. The van der Waals surface area contributed by atoms with Crippen molar-refractivity contribution in [2.24, 2.45) is 0 Å². The van der Waals surface area contributed by atoms with Crippen LogP contribution >= 0.6 is 0 Å². The largest absolute Gasteiger partial charge is 0.381 e. The van der Waals surface area contributed by atoms with E-state index in [0.717, 1.165) is 50.4 Å². The zero-order valence-corrected chi connectivity index (χ0v) is 12.1. The standard InChI is InChI=1S/C15H20N5O/c1-2-6-14-13(5-1)16-17-20(14)15(18-7-3-4-8-18)19-9-11-21-12-10-19/h1-2,5-6H,3-4,7-12H2/q+1. The molecule has 0 spiro atoms. The fourth-order valence-corrected chi connectivity index (χ4v) is 3.17. The van der Waals surface area contributed by atoms with Crippen LogP contribution in [0.5, 0.6) is 0 Å². The summed E-state index contributed by atoms with van der Waals surface area (Å²) in [6.07, 6.45) is 2.50. The van der Waals surface area contributed by atoms with Crippen molar-refractivity contribution in [2.45, 2.75) is 12.8 Å². The molecular weight excluding hydrogens is 266 g/mol. The molecule has 0 bridgehead atoms. The molecule has 0 unspecified atom stereocenters. The van der Waals surface area contributed by atoms with E-state index in [-0.39, 0.29) is 0 Å². The highest BCUT2D eigenvalue weighted by Crippen LogP contribution is 2.14. The summed E-state index contributed by atoms with van der Waals surface area (Å²) in [4.78, 5) is 2.38. The Hall–Kier alpha value is -1.95. The Labute approximate surface area is 123 Å². The minimum absolute atomic E-state index is 0.782. The normalized spacial score (nSPS) is 19.4. The fourth-order valence-electron chi connectivity index (χ4n) is 3.17. The predicted octanol–water partition coefficient (Wildman–Crippen LogP) is 0.774. The van der Waals surface area contributed by atoms with Crippen molar-refractivity contribution in [1.82, 2.24) is 19.9 Å². The predicted molar refractivity (Wildman–Crippen MR) is 79.6 cm³/mol. The molecule has 110 valence electrons. The maximum absolute atomic E-state index is 5.50. The third-order valence-electron chi connectivity index (χ3n) is 4.22. The van der Waals surface area contributed by atoms with Gasteiger partial charge in [-0.15, -0.1) is 5.10 Å². The lowest BCUT2D eigenvalue weighted by atomic mass is 10.3. The molecule has 21 heavy (non-hydrogen) atoms. The van der Waals surface area contributed by atoms with Gasteiger partial charge in [0.15, 0.2) is 5.52 Å². The first-order valence-electron chi connectivity index (χ1n) is 7.69. The highest BCUT2D eigenvalue weighted by atomic mass is 16.5. The van der Waals surface area contributed by atoms with E-state index in [4.69, 9.17) is 4.74 Å². The lowest BCUT2D eigenvalue weighted by molar-refractivity contribution is -0.513. The molecule has 2 aliphatic rings. The summed E-state index contributed by atoms with van der Waals surface area (Å²) in [5.41, 5.74) is 2.02. The van der Waals surface area contributed by atoms with Gasteiger partial charge in [-0.3, -0.25) is 9.48 Å². The van der Waals surface area contributed by atoms with Crippen molar-refractivity contribution in [2.75, 3.05) is 39.4 Å². The van der Waals surface area contributed by atoms with Crippen LogP contribution in [0.3, 0.4) is 0 Å². The highest BCUT2D eigenvalue weighted by molar-refractivity contribution is 5.88. The lowest BCUT2D eigenvalue weighted by Gasteiger charge is -2.25. The van der Waals surface area contributed by atoms with Crippen LogP contribution in [0, 0.1) is 0 Å². The number of hydrogen-bond donors (Lipinski definition) is 0. The molecule has 3 heterocycles. The van der Waals surface area contributed by atoms with Gasteiger partial charge in [0, 0.05) is 5.21 Å². The highest BCUT2D eigenvalue weighted by Gasteiger charge is 2.31. The summed E-state index contributed by atoms with van der Waals surface area (Å²) < 4.78 is 9.94. The Morgan fingerprint density at radius 1 is 1.10 bits per heavy atom.